The molecule has 1 amide bonds. The summed E-state index contributed by atoms with van der Waals surface area (Å²) in [5, 5.41) is 8.77. The summed E-state index contributed by atoms with van der Waals surface area (Å²) in [4.78, 5) is 28.7. The summed E-state index contributed by atoms with van der Waals surface area (Å²) in [6.45, 7) is 2.39. The van der Waals surface area contributed by atoms with Crippen molar-refractivity contribution in [2.24, 2.45) is 0 Å². The van der Waals surface area contributed by atoms with Gasteiger partial charge in [-0.25, -0.2) is 4.98 Å². The maximum Gasteiger partial charge on any atom is 0.303 e. The molecule has 2 rings (SSSR count). The molecule has 19 heavy (non-hydrogen) atoms. The third-order valence-electron chi connectivity index (χ3n) is 3.52. The van der Waals surface area contributed by atoms with E-state index in [1.165, 1.54) is 6.39 Å². The number of rotatable bonds is 4. The summed E-state index contributed by atoms with van der Waals surface area (Å²) in [5.74, 6) is -0.735. The Labute approximate surface area is 111 Å². The number of likely N-dealkylation sites (tertiary alicyclic amines) is 1. The maximum atomic E-state index is 12.4. The molecule has 2 heterocycles. The Hall–Kier alpha value is -1.85. The molecule has 0 spiro atoms. The molecule has 1 fully saturated rings. The lowest BCUT2D eigenvalue weighted by Crippen LogP contribution is -2.44. The van der Waals surface area contributed by atoms with Crippen LogP contribution in [0.1, 0.15) is 48.4 Å². The number of piperidine rings is 1. The normalized spacial score (nSPS) is 19.4. The second kappa shape index (κ2) is 5.86. The van der Waals surface area contributed by atoms with E-state index >= 15 is 0 Å². The Bertz CT molecular complexity index is 469. The molecule has 6 nitrogen and oxygen atoms in total. The SMILES string of the molecule is Cc1ncoc1C(=O)N1CCCCC1CCC(=O)O. The van der Waals surface area contributed by atoms with Crippen molar-refractivity contribution in [3.8, 4) is 0 Å². The summed E-state index contributed by atoms with van der Waals surface area (Å²) in [6.07, 6.45) is 4.68. The van der Waals surface area contributed by atoms with Gasteiger partial charge in [-0.2, -0.15) is 0 Å². The number of carbonyl (C=O) groups excluding carboxylic acids is 1. The van der Waals surface area contributed by atoms with Gasteiger partial charge >= 0.3 is 5.97 Å². The van der Waals surface area contributed by atoms with E-state index in [1.807, 2.05) is 0 Å². The van der Waals surface area contributed by atoms with E-state index in [0.29, 0.717) is 18.7 Å². The van der Waals surface area contributed by atoms with Crippen LogP contribution >= 0.6 is 0 Å². The van der Waals surface area contributed by atoms with Crippen LogP contribution in [-0.4, -0.2) is 39.5 Å². The number of amides is 1. The van der Waals surface area contributed by atoms with Crippen molar-refractivity contribution in [3.63, 3.8) is 0 Å². The van der Waals surface area contributed by atoms with Gasteiger partial charge in [-0.15, -0.1) is 0 Å². The van der Waals surface area contributed by atoms with E-state index in [2.05, 4.69) is 4.98 Å². The summed E-state index contributed by atoms with van der Waals surface area (Å²) < 4.78 is 5.13. The third kappa shape index (κ3) is 3.13. The largest absolute Gasteiger partial charge is 0.481 e. The number of aromatic nitrogens is 1. The minimum atomic E-state index is -0.825. The minimum absolute atomic E-state index is 0.0122. The van der Waals surface area contributed by atoms with Gasteiger partial charge in [0.25, 0.3) is 5.91 Å². The van der Waals surface area contributed by atoms with Crippen molar-refractivity contribution in [1.82, 2.24) is 9.88 Å². The van der Waals surface area contributed by atoms with Crippen LogP contribution in [-0.2, 0) is 4.79 Å². The van der Waals surface area contributed by atoms with Crippen LogP contribution in [0.2, 0.25) is 0 Å². The number of oxazole rings is 1. The van der Waals surface area contributed by atoms with Crippen molar-refractivity contribution in [2.75, 3.05) is 6.54 Å². The van der Waals surface area contributed by atoms with Gasteiger partial charge in [0.05, 0.1) is 5.69 Å². The fourth-order valence-corrected chi connectivity index (χ4v) is 2.50. The highest BCUT2D eigenvalue weighted by atomic mass is 16.4. The molecule has 6 heteroatoms. The van der Waals surface area contributed by atoms with Crippen molar-refractivity contribution in [2.45, 2.75) is 45.1 Å². The Balaban J connectivity index is 2.08. The smallest absolute Gasteiger partial charge is 0.303 e. The average Bonchev–Trinajstić information content (AvgIpc) is 2.82. The van der Waals surface area contributed by atoms with Gasteiger partial charge in [0, 0.05) is 19.0 Å². The van der Waals surface area contributed by atoms with Crippen LogP contribution < -0.4 is 0 Å². The van der Waals surface area contributed by atoms with Gasteiger partial charge in [0.1, 0.15) is 0 Å². The molecule has 104 valence electrons. The predicted octanol–water partition coefficient (Wildman–Crippen LogP) is 1.84. The van der Waals surface area contributed by atoms with E-state index in [0.717, 1.165) is 19.3 Å². The van der Waals surface area contributed by atoms with Crippen LogP contribution in [0, 0.1) is 6.92 Å². The van der Waals surface area contributed by atoms with Crippen molar-refractivity contribution < 1.29 is 19.1 Å². The molecule has 1 N–H and O–H groups in total. The second-order valence-electron chi connectivity index (χ2n) is 4.85. The predicted molar refractivity (Wildman–Crippen MR) is 66.8 cm³/mol. The summed E-state index contributed by atoms with van der Waals surface area (Å²) in [5.41, 5.74) is 0.576. The Morgan fingerprint density at radius 1 is 1.53 bits per heavy atom. The molecule has 1 aromatic heterocycles. The zero-order valence-electron chi connectivity index (χ0n) is 11.0. The standard InChI is InChI=1S/C13H18N2O4/c1-9-12(19-8-14-9)13(18)15-7-3-2-4-10(15)5-6-11(16)17/h8,10H,2-7H2,1H3,(H,16,17). The molecule has 1 aliphatic rings. The fourth-order valence-electron chi connectivity index (χ4n) is 2.50. The quantitative estimate of drug-likeness (QED) is 0.899. The molecule has 0 bridgehead atoms. The van der Waals surface area contributed by atoms with Gasteiger partial charge in [-0.3, -0.25) is 9.59 Å². The van der Waals surface area contributed by atoms with Crippen LogP contribution in [0.5, 0.6) is 0 Å². The molecule has 1 aliphatic heterocycles. The molecular weight excluding hydrogens is 248 g/mol. The van der Waals surface area contributed by atoms with Crippen LogP contribution in [0.15, 0.2) is 10.8 Å². The number of carboxylic acid groups (broad SMARTS) is 1. The van der Waals surface area contributed by atoms with Crippen LogP contribution in [0.3, 0.4) is 0 Å². The molecule has 0 aromatic carbocycles. The highest BCUT2D eigenvalue weighted by Crippen LogP contribution is 2.23. The molecule has 1 aromatic rings. The lowest BCUT2D eigenvalue weighted by molar-refractivity contribution is -0.137. The summed E-state index contributed by atoms with van der Waals surface area (Å²) >= 11 is 0. The van der Waals surface area contributed by atoms with Crippen molar-refractivity contribution in [1.29, 1.82) is 0 Å². The molecule has 1 saturated heterocycles. The summed E-state index contributed by atoms with van der Waals surface area (Å²) in [6, 6.07) is -0.0122. The van der Waals surface area contributed by atoms with Crippen molar-refractivity contribution in [3.05, 3.63) is 17.8 Å². The van der Waals surface area contributed by atoms with E-state index < -0.39 is 5.97 Å². The van der Waals surface area contributed by atoms with Gasteiger partial charge in [-0.1, -0.05) is 0 Å². The zero-order chi connectivity index (χ0) is 13.8. The molecule has 0 saturated carbocycles. The minimum Gasteiger partial charge on any atom is -0.481 e. The molecular formula is C13H18N2O4. The molecule has 0 aliphatic carbocycles. The number of aryl methyl sites for hydroxylation is 1. The number of carbonyl (C=O) groups is 2. The highest BCUT2D eigenvalue weighted by molar-refractivity contribution is 5.92. The van der Waals surface area contributed by atoms with Gasteiger partial charge in [0.2, 0.25) is 5.76 Å². The second-order valence-corrected chi connectivity index (χ2v) is 4.85. The lowest BCUT2D eigenvalue weighted by atomic mass is 9.97. The first kappa shape index (κ1) is 13.6. The Morgan fingerprint density at radius 2 is 2.32 bits per heavy atom. The number of hydrogen-bond acceptors (Lipinski definition) is 4. The molecule has 0 radical (unpaired) electrons. The molecule has 1 atom stereocenters. The van der Waals surface area contributed by atoms with E-state index in [4.69, 9.17) is 9.52 Å². The monoisotopic (exact) mass is 266 g/mol. The lowest BCUT2D eigenvalue weighted by Gasteiger charge is -2.35. The van der Waals surface area contributed by atoms with Crippen LogP contribution in [0.4, 0.5) is 0 Å². The maximum absolute atomic E-state index is 12.4. The first-order valence-electron chi connectivity index (χ1n) is 6.52. The van der Waals surface area contributed by atoms with E-state index in [1.54, 1.807) is 11.8 Å². The third-order valence-corrected chi connectivity index (χ3v) is 3.52. The van der Waals surface area contributed by atoms with Gasteiger partial charge in [0.15, 0.2) is 6.39 Å². The first-order chi connectivity index (χ1) is 9.09. The van der Waals surface area contributed by atoms with Gasteiger partial charge in [-0.05, 0) is 32.6 Å². The number of nitrogens with zero attached hydrogens (tertiary/aromatic N) is 2. The van der Waals surface area contributed by atoms with E-state index in [-0.39, 0.29) is 24.1 Å². The number of hydrogen-bond donors (Lipinski definition) is 1. The average molecular weight is 266 g/mol. The fraction of sp³-hybridized carbons (Fsp3) is 0.615. The van der Waals surface area contributed by atoms with Gasteiger partial charge < -0.3 is 14.4 Å². The van der Waals surface area contributed by atoms with Crippen molar-refractivity contribution >= 4 is 11.9 Å². The van der Waals surface area contributed by atoms with Crippen LogP contribution in [0.25, 0.3) is 0 Å². The topological polar surface area (TPSA) is 83.6 Å². The number of aliphatic carboxylic acids is 1. The first-order valence-corrected chi connectivity index (χ1v) is 6.52. The Kier molecular flexibility index (Phi) is 4.19. The zero-order valence-corrected chi connectivity index (χ0v) is 11.0. The summed E-state index contributed by atoms with van der Waals surface area (Å²) in [7, 11) is 0. The number of carboxylic acids is 1. The van der Waals surface area contributed by atoms with E-state index in [9.17, 15) is 9.59 Å². The highest BCUT2D eigenvalue weighted by Gasteiger charge is 2.30. The molecule has 1 unspecified atom stereocenters. The Morgan fingerprint density at radius 3 is 2.95 bits per heavy atom.